The summed E-state index contributed by atoms with van der Waals surface area (Å²) in [5, 5.41) is 3.29. The molecule has 1 aromatic rings. The summed E-state index contributed by atoms with van der Waals surface area (Å²) in [5.41, 5.74) is 2.84. The standard InChI is InChI=1S/C16H26BrN3/c1-12(18-4)13-6-7-15(14(17)10-13)20-9-8-19(5)16(2,3)11-20/h6-7,10,12,18H,8-9,11H2,1-5H3. The molecule has 0 spiro atoms. The van der Waals surface area contributed by atoms with E-state index < -0.39 is 0 Å². The predicted molar refractivity (Wildman–Crippen MR) is 90.5 cm³/mol. The fraction of sp³-hybridized carbons (Fsp3) is 0.625. The molecule has 1 aromatic carbocycles. The van der Waals surface area contributed by atoms with Gasteiger partial charge in [0.1, 0.15) is 0 Å². The zero-order chi connectivity index (χ0) is 14.9. The number of nitrogens with zero attached hydrogens (tertiary/aromatic N) is 2. The summed E-state index contributed by atoms with van der Waals surface area (Å²) in [6.07, 6.45) is 0. The Morgan fingerprint density at radius 3 is 2.55 bits per heavy atom. The van der Waals surface area contributed by atoms with E-state index in [0.29, 0.717) is 6.04 Å². The molecule has 0 amide bonds. The molecule has 3 nitrogen and oxygen atoms in total. The highest BCUT2D eigenvalue weighted by molar-refractivity contribution is 9.10. The van der Waals surface area contributed by atoms with Crippen LogP contribution >= 0.6 is 15.9 Å². The molecule has 0 aliphatic carbocycles. The molecule has 20 heavy (non-hydrogen) atoms. The van der Waals surface area contributed by atoms with Gasteiger partial charge >= 0.3 is 0 Å². The van der Waals surface area contributed by atoms with Gasteiger partial charge in [-0.05, 0) is 68.5 Å². The van der Waals surface area contributed by atoms with Gasteiger partial charge in [0.2, 0.25) is 0 Å². The van der Waals surface area contributed by atoms with E-state index in [0.717, 1.165) is 19.6 Å². The number of likely N-dealkylation sites (N-methyl/N-ethyl adjacent to an activating group) is 1. The summed E-state index contributed by atoms with van der Waals surface area (Å²) < 4.78 is 1.19. The molecule has 0 radical (unpaired) electrons. The van der Waals surface area contributed by atoms with E-state index in [9.17, 15) is 0 Å². The van der Waals surface area contributed by atoms with E-state index in [4.69, 9.17) is 0 Å². The lowest BCUT2D eigenvalue weighted by Gasteiger charge is -2.46. The third-order valence-electron chi connectivity index (χ3n) is 4.56. The van der Waals surface area contributed by atoms with Crippen LogP contribution in [-0.2, 0) is 0 Å². The van der Waals surface area contributed by atoms with E-state index in [1.54, 1.807) is 0 Å². The van der Waals surface area contributed by atoms with Crippen LogP contribution in [0.1, 0.15) is 32.4 Å². The number of benzene rings is 1. The zero-order valence-electron chi connectivity index (χ0n) is 13.2. The average molecular weight is 340 g/mol. The zero-order valence-corrected chi connectivity index (χ0v) is 14.8. The van der Waals surface area contributed by atoms with E-state index in [2.05, 4.69) is 77.1 Å². The van der Waals surface area contributed by atoms with Gasteiger partial charge < -0.3 is 10.2 Å². The first-order valence-corrected chi connectivity index (χ1v) is 8.07. The molecule has 4 heteroatoms. The van der Waals surface area contributed by atoms with Crippen molar-refractivity contribution in [2.75, 3.05) is 38.6 Å². The van der Waals surface area contributed by atoms with E-state index in [1.807, 2.05) is 7.05 Å². The molecular weight excluding hydrogens is 314 g/mol. The summed E-state index contributed by atoms with van der Waals surface area (Å²) in [4.78, 5) is 4.92. The Labute approximate surface area is 131 Å². The number of piperazine rings is 1. The number of hydrogen-bond donors (Lipinski definition) is 1. The van der Waals surface area contributed by atoms with Gasteiger partial charge in [-0.1, -0.05) is 6.07 Å². The van der Waals surface area contributed by atoms with Crippen LogP contribution < -0.4 is 10.2 Å². The highest BCUT2D eigenvalue weighted by Crippen LogP contribution is 2.32. The van der Waals surface area contributed by atoms with E-state index in [-0.39, 0.29) is 5.54 Å². The Balaban J connectivity index is 2.21. The topological polar surface area (TPSA) is 18.5 Å². The number of rotatable bonds is 3. The quantitative estimate of drug-likeness (QED) is 0.911. The maximum atomic E-state index is 3.75. The molecular formula is C16H26BrN3. The van der Waals surface area contributed by atoms with Gasteiger partial charge in [0.25, 0.3) is 0 Å². The van der Waals surface area contributed by atoms with Crippen LogP contribution in [0.25, 0.3) is 0 Å². The highest BCUT2D eigenvalue weighted by Gasteiger charge is 2.31. The molecule has 1 N–H and O–H groups in total. The lowest BCUT2D eigenvalue weighted by atomic mass is 9.99. The first-order valence-electron chi connectivity index (χ1n) is 7.28. The summed E-state index contributed by atoms with van der Waals surface area (Å²) in [6.45, 7) is 10.0. The van der Waals surface area contributed by atoms with Crippen molar-refractivity contribution in [2.45, 2.75) is 32.4 Å². The molecule has 1 unspecified atom stereocenters. The smallest absolute Gasteiger partial charge is 0.0511 e. The van der Waals surface area contributed by atoms with Gasteiger partial charge in [-0.2, -0.15) is 0 Å². The molecule has 1 saturated heterocycles. The molecule has 1 aliphatic rings. The van der Waals surface area contributed by atoms with Gasteiger partial charge in [-0.25, -0.2) is 0 Å². The van der Waals surface area contributed by atoms with Crippen LogP contribution in [0.4, 0.5) is 5.69 Å². The second kappa shape index (κ2) is 6.04. The summed E-state index contributed by atoms with van der Waals surface area (Å²) in [6, 6.07) is 7.09. The predicted octanol–water partition coefficient (Wildman–Crippen LogP) is 3.26. The van der Waals surface area contributed by atoms with Crippen molar-refractivity contribution >= 4 is 21.6 Å². The molecule has 2 rings (SSSR count). The molecule has 1 atom stereocenters. The van der Waals surface area contributed by atoms with Crippen LogP contribution in [-0.4, -0.2) is 44.2 Å². The molecule has 0 aromatic heterocycles. The lowest BCUT2D eigenvalue weighted by Crippen LogP contribution is -2.57. The number of nitrogens with one attached hydrogen (secondary N) is 1. The maximum Gasteiger partial charge on any atom is 0.0511 e. The molecule has 0 saturated carbocycles. The second-order valence-corrected chi connectivity index (χ2v) is 7.23. The first-order chi connectivity index (χ1) is 9.35. The molecule has 1 aliphatic heterocycles. The Kier molecular flexibility index (Phi) is 4.77. The minimum absolute atomic E-state index is 0.217. The summed E-state index contributed by atoms with van der Waals surface area (Å²) >= 11 is 3.75. The van der Waals surface area contributed by atoms with Gasteiger partial charge in [0.05, 0.1) is 5.69 Å². The molecule has 0 bridgehead atoms. The van der Waals surface area contributed by atoms with Crippen molar-refractivity contribution < 1.29 is 0 Å². The van der Waals surface area contributed by atoms with Crippen LogP contribution in [0.15, 0.2) is 22.7 Å². The fourth-order valence-electron chi connectivity index (χ4n) is 2.66. The lowest BCUT2D eigenvalue weighted by molar-refractivity contribution is 0.139. The fourth-order valence-corrected chi connectivity index (χ4v) is 3.31. The summed E-state index contributed by atoms with van der Waals surface area (Å²) in [5.74, 6) is 0. The minimum Gasteiger partial charge on any atom is -0.368 e. The van der Waals surface area contributed by atoms with Crippen molar-refractivity contribution in [3.8, 4) is 0 Å². The van der Waals surface area contributed by atoms with Crippen molar-refractivity contribution in [2.24, 2.45) is 0 Å². The van der Waals surface area contributed by atoms with Crippen LogP contribution in [0.3, 0.4) is 0 Å². The van der Waals surface area contributed by atoms with Crippen molar-refractivity contribution in [1.29, 1.82) is 0 Å². The Morgan fingerprint density at radius 2 is 2.00 bits per heavy atom. The second-order valence-electron chi connectivity index (χ2n) is 6.38. The minimum atomic E-state index is 0.217. The third kappa shape index (κ3) is 3.18. The number of anilines is 1. The highest BCUT2D eigenvalue weighted by atomic mass is 79.9. The third-order valence-corrected chi connectivity index (χ3v) is 5.20. The SMILES string of the molecule is CNC(C)c1ccc(N2CCN(C)C(C)(C)C2)c(Br)c1. The largest absolute Gasteiger partial charge is 0.368 e. The van der Waals surface area contributed by atoms with Gasteiger partial charge in [-0.3, -0.25) is 4.90 Å². The van der Waals surface area contributed by atoms with Crippen molar-refractivity contribution in [1.82, 2.24) is 10.2 Å². The summed E-state index contributed by atoms with van der Waals surface area (Å²) in [7, 11) is 4.21. The first kappa shape index (κ1) is 15.8. The molecule has 1 heterocycles. The van der Waals surface area contributed by atoms with Crippen molar-refractivity contribution in [3.05, 3.63) is 28.2 Å². The monoisotopic (exact) mass is 339 g/mol. The number of hydrogen-bond acceptors (Lipinski definition) is 3. The van der Waals surface area contributed by atoms with Gasteiger partial charge in [0.15, 0.2) is 0 Å². The Hall–Kier alpha value is -0.580. The normalized spacial score (nSPS) is 21.0. The van der Waals surface area contributed by atoms with Gasteiger partial charge in [-0.15, -0.1) is 0 Å². The molecule has 112 valence electrons. The van der Waals surface area contributed by atoms with Gasteiger partial charge in [0, 0.05) is 35.7 Å². The Bertz CT molecular complexity index is 473. The number of halogens is 1. The van der Waals surface area contributed by atoms with Crippen LogP contribution in [0.5, 0.6) is 0 Å². The average Bonchev–Trinajstić information content (AvgIpc) is 2.41. The maximum absolute atomic E-state index is 3.75. The van der Waals surface area contributed by atoms with Crippen LogP contribution in [0.2, 0.25) is 0 Å². The van der Waals surface area contributed by atoms with Crippen LogP contribution in [0, 0.1) is 0 Å². The van der Waals surface area contributed by atoms with E-state index in [1.165, 1.54) is 15.7 Å². The van der Waals surface area contributed by atoms with Crippen molar-refractivity contribution in [3.63, 3.8) is 0 Å². The molecule has 1 fully saturated rings. The van der Waals surface area contributed by atoms with E-state index >= 15 is 0 Å². The Morgan fingerprint density at radius 1 is 1.30 bits per heavy atom.